The first kappa shape index (κ1) is 16.6. The maximum atomic E-state index is 12.7. The summed E-state index contributed by atoms with van der Waals surface area (Å²) in [4.78, 5) is 17.5. The molecule has 1 amide bonds. The van der Waals surface area contributed by atoms with Crippen LogP contribution in [0.5, 0.6) is 0 Å². The number of hydrogen-bond acceptors (Lipinski definition) is 4. The summed E-state index contributed by atoms with van der Waals surface area (Å²) in [7, 11) is 0. The Morgan fingerprint density at radius 3 is 2.96 bits per heavy atom. The van der Waals surface area contributed by atoms with Crippen LogP contribution in [0.4, 0.5) is 5.69 Å². The molecule has 5 rings (SSSR count). The van der Waals surface area contributed by atoms with E-state index in [0.29, 0.717) is 22.8 Å². The number of benzene rings is 1. The van der Waals surface area contributed by atoms with Gasteiger partial charge in [0.25, 0.3) is 5.91 Å². The maximum Gasteiger partial charge on any atom is 0.276 e. The Morgan fingerprint density at radius 1 is 1.18 bits per heavy atom. The van der Waals surface area contributed by atoms with Gasteiger partial charge in [0.2, 0.25) is 0 Å². The highest BCUT2D eigenvalue weighted by Crippen LogP contribution is 2.29. The zero-order chi connectivity index (χ0) is 18.9. The number of H-pyrrole nitrogens is 1. The van der Waals surface area contributed by atoms with E-state index in [1.807, 2.05) is 30.3 Å². The number of aryl methyl sites for hydroxylation is 2. The molecule has 0 atom stereocenters. The number of aromatic nitrogens is 4. The van der Waals surface area contributed by atoms with Gasteiger partial charge in [0.15, 0.2) is 11.5 Å². The van der Waals surface area contributed by atoms with Gasteiger partial charge in [-0.25, -0.2) is 4.98 Å². The van der Waals surface area contributed by atoms with Gasteiger partial charge in [0, 0.05) is 30.8 Å². The summed E-state index contributed by atoms with van der Waals surface area (Å²) in [6, 6.07) is 13.0. The summed E-state index contributed by atoms with van der Waals surface area (Å²) >= 11 is 0. The standard InChI is InChI=1S/C21H19N5O2/c27-21(17-12-16(24-25-17)19-8-5-11-28-19)23-15-7-2-1-6-14(15)18-13-26-10-4-3-9-20(26)22-18/h1-2,5-8,11-13H,3-4,9-10H2,(H,23,27)(H,24,25). The fourth-order valence-corrected chi connectivity index (χ4v) is 3.54. The van der Waals surface area contributed by atoms with E-state index in [1.165, 1.54) is 12.8 Å². The molecular weight excluding hydrogens is 354 g/mol. The lowest BCUT2D eigenvalue weighted by Crippen LogP contribution is -2.13. The van der Waals surface area contributed by atoms with Gasteiger partial charge >= 0.3 is 0 Å². The highest BCUT2D eigenvalue weighted by Gasteiger charge is 2.18. The van der Waals surface area contributed by atoms with Crippen LogP contribution < -0.4 is 5.32 Å². The minimum Gasteiger partial charge on any atom is -0.463 e. The van der Waals surface area contributed by atoms with Crippen molar-refractivity contribution in [1.29, 1.82) is 0 Å². The first-order valence-electron chi connectivity index (χ1n) is 9.34. The molecule has 0 bridgehead atoms. The first-order chi connectivity index (χ1) is 13.8. The van der Waals surface area contributed by atoms with Gasteiger partial charge in [0.05, 0.1) is 17.6 Å². The van der Waals surface area contributed by atoms with E-state index in [4.69, 9.17) is 9.40 Å². The molecule has 0 saturated heterocycles. The molecule has 28 heavy (non-hydrogen) atoms. The molecule has 3 aromatic heterocycles. The Labute approximate surface area is 161 Å². The number of furan rings is 1. The molecule has 1 aliphatic heterocycles. The molecule has 1 aliphatic rings. The monoisotopic (exact) mass is 373 g/mol. The quantitative estimate of drug-likeness (QED) is 0.563. The van der Waals surface area contributed by atoms with Crippen LogP contribution >= 0.6 is 0 Å². The van der Waals surface area contributed by atoms with Crippen molar-refractivity contribution in [2.75, 3.05) is 5.32 Å². The molecule has 7 heteroatoms. The maximum absolute atomic E-state index is 12.7. The summed E-state index contributed by atoms with van der Waals surface area (Å²) < 4.78 is 7.54. The average Bonchev–Trinajstić information content (AvgIpc) is 3.47. The van der Waals surface area contributed by atoms with Crippen molar-refractivity contribution in [1.82, 2.24) is 19.7 Å². The first-order valence-corrected chi connectivity index (χ1v) is 9.34. The Morgan fingerprint density at radius 2 is 2.11 bits per heavy atom. The minimum absolute atomic E-state index is 0.287. The molecule has 4 heterocycles. The Kier molecular flexibility index (Phi) is 4.05. The third kappa shape index (κ3) is 3.00. The molecule has 2 N–H and O–H groups in total. The normalized spacial score (nSPS) is 13.3. The number of nitrogens with zero attached hydrogens (tertiary/aromatic N) is 3. The van der Waals surface area contributed by atoms with Crippen molar-refractivity contribution in [3.05, 3.63) is 66.4 Å². The number of hydrogen-bond donors (Lipinski definition) is 2. The van der Waals surface area contributed by atoms with E-state index < -0.39 is 0 Å². The van der Waals surface area contributed by atoms with Gasteiger partial charge < -0.3 is 14.3 Å². The van der Waals surface area contributed by atoms with Crippen LogP contribution in [-0.4, -0.2) is 25.7 Å². The predicted octanol–water partition coefficient (Wildman–Crippen LogP) is 4.12. The van der Waals surface area contributed by atoms with Crippen LogP contribution in [-0.2, 0) is 13.0 Å². The zero-order valence-electron chi connectivity index (χ0n) is 15.2. The van der Waals surface area contributed by atoms with Gasteiger partial charge in [-0.1, -0.05) is 18.2 Å². The van der Waals surface area contributed by atoms with E-state index in [0.717, 1.165) is 30.0 Å². The van der Waals surface area contributed by atoms with Gasteiger partial charge in [-0.15, -0.1) is 0 Å². The number of aromatic amines is 1. The van der Waals surface area contributed by atoms with Crippen LogP contribution in [0.1, 0.15) is 29.2 Å². The SMILES string of the molecule is O=C(Nc1ccccc1-c1cn2c(n1)CCCC2)c1cc(-c2ccco2)[nH]n1. The van der Waals surface area contributed by atoms with Crippen molar-refractivity contribution < 1.29 is 9.21 Å². The van der Waals surface area contributed by atoms with Crippen LogP contribution in [0.25, 0.3) is 22.7 Å². The number of anilines is 1. The second-order valence-corrected chi connectivity index (χ2v) is 6.84. The number of imidazole rings is 1. The largest absolute Gasteiger partial charge is 0.463 e. The van der Waals surface area contributed by atoms with Gasteiger partial charge in [-0.05, 0) is 31.0 Å². The number of rotatable bonds is 4. The fraction of sp³-hybridized carbons (Fsp3) is 0.190. The number of nitrogens with one attached hydrogen (secondary N) is 2. The average molecular weight is 373 g/mol. The number of carbonyl (C=O) groups excluding carboxylic acids is 1. The molecule has 0 fully saturated rings. The van der Waals surface area contributed by atoms with Crippen molar-refractivity contribution in [3.63, 3.8) is 0 Å². The van der Waals surface area contributed by atoms with Gasteiger partial charge in [0.1, 0.15) is 11.5 Å². The van der Waals surface area contributed by atoms with Gasteiger partial charge in [-0.3, -0.25) is 9.89 Å². The van der Waals surface area contributed by atoms with Crippen molar-refractivity contribution in [2.45, 2.75) is 25.8 Å². The van der Waals surface area contributed by atoms with Crippen LogP contribution in [0, 0.1) is 0 Å². The zero-order valence-corrected chi connectivity index (χ0v) is 15.2. The number of carbonyl (C=O) groups is 1. The van der Waals surface area contributed by atoms with E-state index in [1.54, 1.807) is 18.4 Å². The summed E-state index contributed by atoms with van der Waals surface area (Å²) in [6.45, 7) is 1.000. The van der Waals surface area contributed by atoms with E-state index >= 15 is 0 Å². The van der Waals surface area contributed by atoms with Crippen LogP contribution in [0.2, 0.25) is 0 Å². The summed E-state index contributed by atoms with van der Waals surface area (Å²) in [6.07, 6.45) is 7.00. The second kappa shape index (κ2) is 6.84. The Hall–Kier alpha value is -3.61. The smallest absolute Gasteiger partial charge is 0.276 e. The lowest BCUT2D eigenvalue weighted by atomic mass is 10.1. The number of fused-ring (bicyclic) bond motifs is 1. The van der Waals surface area contributed by atoms with Crippen LogP contribution in [0.3, 0.4) is 0 Å². The molecule has 0 radical (unpaired) electrons. The summed E-state index contributed by atoms with van der Waals surface area (Å²) in [5, 5.41) is 9.90. The topological polar surface area (TPSA) is 88.7 Å². The van der Waals surface area contributed by atoms with Gasteiger partial charge in [-0.2, -0.15) is 5.10 Å². The summed E-state index contributed by atoms with van der Waals surface area (Å²) in [5.41, 5.74) is 3.45. The molecule has 0 unspecified atom stereocenters. The highest BCUT2D eigenvalue weighted by molar-refractivity contribution is 6.05. The molecular formula is C21H19N5O2. The molecule has 7 nitrogen and oxygen atoms in total. The highest BCUT2D eigenvalue weighted by atomic mass is 16.3. The summed E-state index contributed by atoms with van der Waals surface area (Å²) in [5.74, 6) is 1.46. The lowest BCUT2D eigenvalue weighted by molar-refractivity contribution is 0.102. The molecule has 0 aliphatic carbocycles. The van der Waals surface area contributed by atoms with Crippen LogP contribution in [0.15, 0.2) is 59.3 Å². The van der Waals surface area contributed by atoms with Crippen molar-refractivity contribution >= 4 is 11.6 Å². The van der Waals surface area contributed by atoms with E-state index in [9.17, 15) is 4.79 Å². The Bertz CT molecular complexity index is 1100. The van der Waals surface area contributed by atoms with Crippen molar-refractivity contribution in [3.8, 4) is 22.7 Å². The predicted molar refractivity (Wildman–Crippen MR) is 105 cm³/mol. The molecule has 4 aromatic rings. The number of para-hydroxylation sites is 1. The lowest BCUT2D eigenvalue weighted by Gasteiger charge is -2.11. The van der Waals surface area contributed by atoms with E-state index in [2.05, 4.69) is 26.3 Å². The fourth-order valence-electron chi connectivity index (χ4n) is 3.54. The molecule has 1 aromatic carbocycles. The van der Waals surface area contributed by atoms with E-state index in [-0.39, 0.29) is 5.91 Å². The second-order valence-electron chi connectivity index (χ2n) is 6.84. The minimum atomic E-state index is -0.287. The number of amides is 1. The Balaban J connectivity index is 1.41. The molecule has 0 spiro atoms. The third-order valence-corrected chi connectivity index (χ3v) is 4.96. The van der Waals surface area contributed by atoms with Crippen molar-refractivity contribution in [2.24, 2.45) is 0 Å². The molecule has 0 saturated carbocycles. The molecule has 140 valence electrons. The third-order valence-electron chi connectivity index (χ3n) is 4.96.